The Bertz CT molecular complexity index is 448. The lowest BCUT2D eigenvalue weighted by Gasteiger charge is -2.38. The van der Waals surface area contributed by atoms with Gasteiger partial charge in [-0.05, 0) is 67.1 Å². The highest BCUT2D eigenvalue weighted by Crippen LogP contribution is 2.33. The molecule has 1 aliphatic heterocycles. The minimum Gasteiger partial charge on any atom is -0.477 e. The molecule has 1 aliphatic rings. The van der Waals surface area contributed by atoms with Gasteiger partial charge < -0.3 is 14.6 Å². The summed E-state index contributed by atoms with van der Waals surface area (Å²) in [5, 5.41) is 9.20. The third kappa shape index (κ3) is 3.06. The third-order valence-electron chi connectivity index (χ3n) is 3.83. The van der Waals surface area contributed by atoms with Crippen LogP contribution in [0, 0.1) is 8.99 Å². The lowest BCUT2D eigenvalue weighted by atomic mass is 9.80. The van der Waals surface area contributed by atoms with Crippen LogP contribution in [0.3, 0.4) is 0 Å². The van der Waals surface area contributed by atoms with Crippen molar-refractivity contribution in [2.45, 2.75) is 26.3 Å². The van der Waals surface area contributed by atoms with Crippen molar-refractivity contribution in [3.05, 3.63) is 21.5 Å². The van der Waals surface area contributed by atoms with Crippen LogP contribution in [0.25, 0.3) is 0 Å². The van der Waals surface area contributed by atoms with E-state index in [-0.39, 0.29) is 5.41 Å². The summed E-state index contributed by atoms with van der Waals surface area (Å²) in [4.78, 5) is 13.5. The SMILES string of the molecule is CN1CCC(C)(Cn2cc(I)cc2C(=O)O)CC1. The molecule has 1 aromatic heterocycles. The Labute approximate surface area is 121 Å². The van der Waals surface area contributed by atoms with E-state index in [2.05, 4.69) is 41.5 Å². The molecule has 2 rings (SSSR count). The average Bonchev–Trinajstić information content (AvgIpc) is 2.64. The van der Waals surface area contributed by atoms with Crippen molar-refractivity contribution in [2.75, 3.05) is 20.1 Å². The monoisotopic (exact) mass is 362 g/mol. The summed E-state index contributed by atoms with van der Waals surface area (Å²) in [5.41, 5.74) is 0.610. The Morgan fingerprint density at radius 1 is 1.50 bits per heavy atom. The van der Waals surface area contributed by atoms with Gasteiger partial charge in [0.05, 0.1) is 0 Å². The molecular weight excluding hydrogens is 343 g/mol. The van der Waals surface area contributed by atoms with Crippen molar-refractivity contribution in [3.63, 3.8) is 0 Å². The first kappa shape index (κ1) is 13.9. The van der Waals surface area contributed by atoms with E-state index in [1.165, 1.54) is 0 Å². The molecule has 4 nitrogen and oxygen atoms in total. The lowest BCUT2D eigenvalue weighted by molar-refractivity contribution is 0.0674. The van der Waals surface area contributed by atoms with E-state index >= 15 is 0 Å². The maximum absolute atomic E-state index is 11.2. The highest BCUT2D eigenvalue weighted by atomic mass is 127. The number of piperidine rings is 1. The van der Waals surface area contributed by atoms with Crippen molar-refractivity contribution in [3.8, 4) is 0 Å². The highest BCUT2D eigenvalue weighted by Gasteiger charge is 2.30. The molecule has 1 fully saturated rings. The first-order valence-corrected chi connectivity index (χ1v) is 7.25. The van der Waals surface area contributed by atoms with Crippen LogP contribution >= 0.6 is 22.6 Å². The summed E-state index contributed by atoms with van der Waals surface area (Å²) in [6.07, 6.45) is 4.18. The molecule has 0 radical (unpaired) electrons. The van der Waals surface area contributed by atoms with Gasteiger partial charge >= 0.3 is 5.97 Å². The van der Waals surface area contributed by atoms with E-state index in [1.54, 1.807) is 6.07 Å². The van der Waals surface area contributed by atoms with Gasteiger partial charge in [0.2, 0.25) is 0 Å². The van der Waals surface area contributed by atoms with Crippen LogP contribution in [0.15, 0.2) is 12.3 Å². The number of halogens is 1. The molecule has 5 heteroatoms. The number of likely N-dealkylation sites (tertiary alicyclic amines) is 1. The normalized spacial score (nSPS) is 19.9. The molecule has 100 valence electrons. The second-order valence-electron chi connectivity index (χ2n) is 5.59. The van der Waals surface area contributed by atoms with Crippen LogP contribution in [0.4, 0.5) is 0 Å². The van der Waals surface area contributed by atoms with Gasteiger partial charge in [0.1, 0.15) is 5.69 Å². The van der Waals surface area contributed by atoms with Crippen molar-refractivity contribution >= 4 is 28.6 Å². The number of rotatable bonds is 3. The molecule has 0 saturated carbocycles. The van der Waals surface area contributed by atoms with E-state index in [4.69, 9.17) is 0 Å². The quantitative estimate of drug-likeness (QED) is 0.841. The van der Waals surface area contributed by atoms with E-state index in [0.29, 0.717) is 5.69 Å². The van der Waals surface area contributed by atoms with Gasteiger partial charge in [-0.2, -0.15) is 0 Å². The van der Waals surface area contributed by atoms with Gasteiger partial charge in [-0.15, -0.1) is 0 Å². The highest BCUT2D eigenvalue weighted by molar-refractivity contribution is 14.1. The predicted molar refractivity (Wildman–Crippen MR) is 78.9 cm³/mol. The van der Waals surface area contributed by atoms with Gasteiger partial charge in [-0.25, -0.2) is 4.79 Å². The number of carboxylic acid groups (broad SMARTS) is 1. The average molecular weight is 362 g/mol. The van der Waals surface area contributed by atoms with E-state index in [1.807, 2.05) is 10.8 Å². The number of carbonyl (C=O) groups is 1. The summed E-state index contributed by atoms with van der Waals surface area (Å²) in [5.74, 6) is -0.838. The van der Waals surface area contributed by atoms with E-state index in [9.17, 15) is 9.90 Å². The van der Waals surface area contributed by atoms with E-state index in [0.717, 1.165) is 36.0 Å². The molecule has 2 heterocycles. The number of hydrogen-bond acceptors (Lipinski definition) is 2. The molecule has 0 atom stereocenters. The summed E-state index contributed by atoms with van der Waals surface area (Å²) in [6, 6.07) is 1.74. The fourth-order valence-electron chi connectivity index (χ4n) is 2.51. The second kappa shape index (κ2) is 5.21. The molecule has 1 saturated heterocycles. The third-order valence-corrected chi connectivity index (χ3v) is 4.42. The van der Waals surface area contributed by atoms with Crippen molar-refractivity contribution in [1.29, 1.82) is 0 Å². The number of aromatic nitrogens is 1. The molecule has 0 amide bonds. The number of carboxylic acids is 1. The Morgan fingerprint density at radius 3 is 2.67 bits per heavy atom. The molecule has 0 aromatic carbocycles. The summed E-state index contributed by atoms with van der Waals surface area (Å²) >= 11 is 2.17. The van der Waals surface area contributed by atoms with Gasteiger partial charge in [-0.1, -0.05) is 6.92 Å². The Morgan fingerprint density at radius 2 is 2.11 bits per heavy atom. The maximum Gasteiger partial charge on any atom is 0.352 e. The first-order chi connectivity index (χ1) is 8.39. The van der Waals surface area contributed by atoms with Crippen LogP contribution in [-0.2, 0) is 6.54 Å². The van der Waals surface area contributed by atoms with Crippen LogP contribution in [0.1, 0.15) is 30.3 Å². The fourth-order valence-corrected chi connectivity index (χ4v) is 3.14. The zero-order valence-electron chi connectivity index (χ0n) is 10.8. The van der Waals surface area contributed by atoms with E-state index < -0.39 is 5.97 Å². The first-order valence-electron chi connectivity index (χ1n) is 6.17. The summed E-state index contributed by atoms with van der Waals surface area (Å²) in [7, 11) is 2.14. The van der Waals surface area contributed by atoms with Crippen LogP contribution in [0.5, 0.6) is 0 Å². The molecule has 0 bridgehead atoms. The topological polar surface area (TPSA) is 45.5 Å². The number of aromatic carboxylic acids is 1. The van der Waals surface area contributed by atoms with Gasteiger partial charge in [0.25, 0.3) is 0 Å². The largest absolute Gasteiger partial charge is 0.477 e. The van der Waals surface area contributed by atoms with Gasteiger partial charge in [-0.3, -0.25) is 0 Å². The summed E-state index contributed by atoms with van der Waals surface area (Å²) < 4.78 is 2.89. The predicted octanol–water partition coefficient (Wildman–Crippen LogP) is 2.52. The van der Waals surface area contributed by atoms with Crippen LogP contribution < -0.4 is 0 Å². The zero-order valence-corrected chi connectivity index (χ0v) is 13.0. The standard InChI is InChI=1S/C13H19IN2O2/c1-13(3-5-15(2)6-4-13)9-16-8-10(14)7-11(16)12(17)18/h7-8H,3-6,9H2,1-2H3,(H,17,18). The number of hydrogen-bond donors (Lipinski definition) is 1. The Balaban J connectivity index is 2.16. The Kier molecular flexibility index (Phi) is 4.01. The number of nitrogens with zero attached hydrogens (tertiary/aromatic N) is 2. The molecular formula is C13H19IN2O2. The molecule has 0 aliphatic carbocycles. The molecule has 0 spiro atoms. The smallest absolute Gasteiger partial charge is 0.352 e. The minimum atomic E-state index is -0.838. The van der Waals surface area contributed by atoms with Crippen molar-refractivity contribution in [2.24, 2.45) is 5.41 Å². The minimum absolute atomic E-state index is 0.207. The van der Waals surface area contributed by atoms with Crippen LogP contribution in [0.2, 0.25) is 0 Å². The Hall–Kier alpha value is -0.560. The molecule has 0 unspecified atom stereocenters. The zero-order chi connectivity index (χ0) is 13.3. The van der Waals surface area contributed by atoms with Gasteiger partial charge in [0, 0.05) is 16.3 Å². The fraction of sp³-hybridized carbons (Fsp3) is 0.615. The van der Waals surface area contributed by atoms with Crippen molar-refractivity contribution < 1.29 is 9.90 Å². The van der Waals surface area contributed by atoms with Crippen LogP contribution in [-0.4, -0.2) is 40.7 Å². The molecule has 1 N–H and O–H groups in total. The lowest BCUT2D eigenvalue weighted by Crippen LogP contribution is -2.38. The second-order valence-corrected chi connectivity index (χ2v) is 6.84. The molecule has 1 aromatic rings. The van der Waals surface area contributed by atoms with Crippen molar-refractivity contribution in [1.82, 2.24) is 9.47 Å². The maximum atomic E-state index is 11.2. The summed E-state index contributed by atoms with van der Waals surface area (Å²) in [6.45, 7) is 5.25. The molecule has 18 heavy (non-hydrogen) atoms. The van der Waals surface area contributed by atoms with Gasteiger partial charge in [0.15, 0.2) is 0 Å².